The van der Waals surface area contributed by atoms with Crippen molar-refractivity contribution >= 4 is 50.2 Å². The summed E-state index contributed by atoms with van der Waals surface area (Å²) in [7, 11) is -3.02. The Hall–Kier alpha value is -4.49. The summed E-state index contributed by atoms with van der Waals surface area (Å²) in [5.74, 6) is -3.43. The first-order valence-electron chi connectivity index (χ1n) is 14.6. The summed E-state index contributed by atoms with van der Waals surface area (Å²) in [6, 6.07) is 11.1. The molecule has 1 aromatic carbocycles. The van der Waals surface area contributed by atoms with Crippen molar-refractivity contribution in [1.82, 2.24) is 10.0 Å². The second-order valence-electron chi connectivity index (χ2n) is 11.8. The molecule has 16 nitrogen and oxygen atoms in total. The van der Waals surface area contributed by atoms with Gasteiger partial charge in [0.15, 0.2) is 28.5 Å². The number of aliphatic carboxylic acids is 1. The third-order valence-corrected chi connectivity index (χ3v) is 8.81. The number of carboxylic acid groups (broad SMARTS) is 1. The molecule has 1 amide bonds. The number of benzene rings is 1. The number of pyridine rings is 1. The lowest BCUT2D eigenvalue weighted by Gasteiger charge is -2.50. The number of ketones is 1. The van der Waals surface area contributed by atoms with E-state index in [0.29, 0.717) is 23.3 Å². The molecule has 1 unspecified atom stereocenters. The number of ether oxygens (including phenoxy) is 1. The van der Waals surface area contributed by atoms with Gasteiger partial charge in [0.25, 0.3) is 12.0 Å². The van der Waals surface area contributed by atoms with Crippen molar-refractivity contribution in [2.24, 2.45) is 29.8 Å². The maximum atomic E-state index is 13.3. The number of β-lactam (4-membered cyclic amide) rings is 1. The highest BCUT2D eigenvalue weighted by Gasteiger charge is 2.57. The van der Waals surface area contributed by atoms with Crippen LogP contribution in [-0.2, 0) is 47.4 Å². The number of Topliss-reactive ketones (excluding diaryl/α,β-unsaturated/α-hetero) is 1. The van der Waals surface area contributed by atoms with E-state index in [2.05, 4.69) is 32.0 Å². The van der Waals surface area contributed by atoms with Gasteiger partial charge >= 0.3 is 16.4 Å². The molecule has 258 valence electrons. The highest BCUT2D eigenvalue weighted by molar-refractivity contribution is 7.80. The summed E-state index contributed by atoms with van der Waals surface area (Å²) >= 11 is 0.989. The number of nitrogens with two attached hydrogens (primary N) is 2. The lowest BCUT2D eigenvalue weighted by atomic mass is 9.74. The maximum Gasteiger partial charge on any atom is 0.418 e. The van der Waals surface area contributed by atoms with E-state index in [0.717, 1.165) is 34.6 Å². The topological polar surface area (TPSA) is 238 Å². The van der Waals surface area contributed by atoms with E-state index in [4.69, 9.17) is 25.6 Å². The van der Waals surface area contributed by atoms with Crippen LogP contribution in [0.2, 0.25) is 0 Å². The van der Waals surface area contributed by atoms with Crippen molar-refractivity contribution in [3.63, 3.8) is 0 Å². The van der Waals surface area contributed by atoms with Crippen molar-refractivity contribution in [2.75, 3.05) is 18.9 Å². The molecule has 2 aromatic heterocycles. The van der Waals surface area contributed by atoms with Crippen molar-refractivity contribution in [3.8, 4) is 16.9 Å². The fraction of sp³-hybridized carbons (Fsp3) is 0.400. The van der Waals surface area contributed by atoms with E-state index >= 15 is 0 Å². The number of hydrogen-bond donors (Lipinski definition) is 4. The highest BCUT2D eigenvalue weighted by Crippen LogP contribution is 2.40. The number of aromatic nitrogens is 2. The molecule has 1 aliphatic heterocycles. The number of anilines is 1. The van der Waals surface area contributed by atoms with Crippen molar-refractivity contribution in [1.29, 1.82) is 0 Å². The molecule has 3 atom stereocenters. The number of aryl methyl sites for hydroxylation is 1. The molecule has 1 fully saturated rings. The summed E-state index contributed by atoms with van der Waals surface area (Å²) in [5.41, 5.74) is 12.8. The van der Waals surface area contributed by atoms with Gasteiger partial charge in [0, 0.05) is 29.9 Å². The molecular weight excluding hydrogens is 668 g/mol. The number of carbonyl (C=O) groups is 3. The number of amides is 1. The largest absolute Gasteiger partial charge is 0.489 e. The number of carboxylic acids is 1. The molecule has 0 saturated carbocycles. The van der Waals surface area contributed by atoms with E-state index in [1.165, 1.54) is 19.2 Å². The number of rotatable bonds is 16. The fourth-order valence-corrected chi connectivity index (χ4v) is 5.93. The summed E-state index contributed by atoms with van der Waals surface area (Å²) in [4.78, 5) is 47.2. The maximum absolute atomic E-state index is 13.3. The molecule has 0 bridgehead atoms. The van der Waals surface area contributed by atoms with Crippen LogP contribution in [0, 0.1) is 11.8 Å². The molecule has 1 aliphatic rings. The number of hydrogen-bond acceptors (Lipinski definition) is 13. The average molecular weight is 706 g/mol. The number of hydroxylamine groups is 2. The van der Waals surface area contributed by atoms with Gasteiger partial charge in [-0.1, -0.05) is 24.2 Å². The van der Waals surface area contributed by atoms with E-state index in [1.807, 2.05) is 31.4 Å². The molecule has 0 aliphatic carbocycles. The van der Waals surface area contributed by atoms with E-state index in [1.54, 1.807) is 12.1 Å². The molecular formula is C30H37N6O10S2+. The minimum atomic E-state index is -4.99. The van der Waals surface area contributed by atoms with Crippen LogP contribution < -0.4 is 20.8 Å². The van der Waals surface area contributed by atoms with Gasteiger partial charge in [0.2, 0.25) is 0 Å². The standard InChI is InChI=1S/C30H36N6O10S2/c1-17(13-31)11-20-8-5-19(14-35(20)4)18-6-9-21(10-7-18)44-15-25(28(39)40)45-34-26(23-16-47-29(32)33-23)24(37)12-22-27(38)36(30(22,2)3)46-48(41,42)43/h5-10,14,16-17,22,25H,11-13,15,31H2,1-4H3,(H3-,32,33,39,40,41,42,43)/p+1/b34-26-/t17?,22-,25+/m1/s1. The van der Waals surface area contributed by atoms with Gasteiger partial charge in [-0.05, 0) is 50.1 Å². The Labute approximate surface area is 280 Å². The van der Waals surface area contributed by atoms with Crippen molar-refractivity contribution < 1.29 is 50.9 Å². The first-order valence-corrected chi connectivity index (χ1v) is 16.9. The summed E-state index contributed by atoms with van der Waals surface area (Å²) in [5, 5.41) is 15.5. The molecule has 3 heterocycles. The lowest BCUT2D eigenvalue weighted by molar-refractivity contribution is -0.679. The van der Waals surface area contributed by atoms with E-state index < -0.39 is 64.4 Å². The van der Waals surface area contributed by atoms with Crippen LogP contribution in [0.1, 0.15) is 38.6 Å². The molecule has 6 N–H and O–H groups in total. The highest BCUT2D eigenvalue weighted by atomic mass is 32.3. The van der Waals surface area contributed by atoms with Gasteiger partial charge in [0.1, 0.15) is 25.1 Å². The Morgan fingerprint density at radius 2 is 1.85 bits per heavy atom. The molecule has 1 saturated heterocycles. The van der Waals surface area contributed by atoms with Crippen LogP contribution in [0.25, 0.3) is 11.1 Å². The Morgan fingerprint density at radius 3 is 2.40 bits per heavy atom. The molecule has 48 heavy (non-hydrogen) atoms. The number of nitrogens with zero attached hydrogens (tertiary/aromatic N) is 4. The number of thiazole rings is 1. The minimum absolute atomic E-state index is 0.0194. The van der Waals surface area contributed by atoms with Crippen LogP contribution in [0.4, 0.5) is 5.13 Å². The zero-order chi connectivity index (χ0) is 35.4. The Kier molecular flexibility index (Phi) is 11.2. The van der Waals surface area contributed by atoms with Crippen LogP contribution in [-0.4, -0.2) is 76.3 Å². The second-order valence-corrected chi connectivity index (χ2v) is 13.7. The van der Waals surface area contributed by atoms with Gasteiger partial charge in [-0.25, -0.2) is 14.3 Å². The fourth-order valence-electron chi connectivity index (χ4n) is 4.93. The molecule has 4 rings (SSSR count). The van der Waals surface area contributed by atoms with E-state index in [-0.39, 0.29) is 10.8 Å². The molecule has 0 spiro atoms. The summed E-state index contributed by atoms with van der Waals surface area (Å²) < 4.78 is 43.3. The predicted molar refractivity (Wildman–Crippen MR) is 173 cm³/mol. The lowest BCUT2D eigenvalue weighted by Crippen LogP contribution is -2.68. The van der Waals surface area contributed by atoms with Crippen LogP contribution in [0.3, 0.4) is 0 Å². The summed E-state index contributed by atoms with van der Waals surface area (Å²) in [6.07, 6.45) is 0.730. The van der Waals surface area contributed by atoms with Gasteiger partial charge < -0.3 is 26.1 Å². The smallest absolute Gasteiger partial charge is 0.418 e. The van der Waals surface area contributed by atoms with E-state index in [9.17, 15) is 27.9 Å². The van der Waals surface area contributed by atoms with Gasteiger partial charge in [-0.3, -0.25) is 14.1 Å². The monoisotopic (exact) mass is 705 g/mol. The van der Waals surface area contributed by atoms with Crippen molar-refractivity contribution in [3.05, 3.63) is 59.4 Å². The summed E-state index contributed by atoms with van der Waals surface area (Å²) in [6.45, 7) is 5.08. The van der Waals surface area contributed by atoms with Crippen molar-refractivity contribution in [2.45, 2.75) is 45.3 Å². The Bertz CT molecular complexity index is 1810. The quantitative estimate of drug-likeness (QED) is 0.0545. The Morgan fingerprint density at radius 1 is 1.19 bits per heavy atom. The predicted octanol–water partition coefficient (Wildman–Crippen LogP) is 1.54. The first-order chi connectivity index (χ1) is 22.5. The third kappa shape index (κ3) is 8.70. The number of nitrogen functional groups attached to an aromatic ring is 1. The second kappa shape index (κ2) is 14.7. The number of carbonyl (C=O) groups excluding carboxylic acids is 2. The van der Waals surface area contributed by atoms with Gasteiger partial charge in [-0.15, -0.1) is 15.6 Å². The average Bonchev–Trinajstić information content (AvgIpc) is 3.46. The van der Waals surface area contributed by atoms with Crippen LogP contribution in [0.15, 0.2) is 53.1 Å². The zero-order valence-electron chi connectivity index (χ0n) is 26.6. The molecule has 0 radical (unpaired) electrons. The molecule has 18 heteroatoms. The first kappa shape index (κ1) is 36.3. The molecule has 3 aromatic rings. The SMILES string of the molecule is CC(CN)Cc1ccc(-c2ccc(OC[C@H](O/N=C(\C(=O)C[C@@H]3C(=O)N(OS(=O)(=O)O)C3(C)C)c3csc(N)n3)C(=O)O)cc2)c[n+]1C. The van der Waals surface area contributed by atoms with Crippen LogP contribution >= 0.6 is 11.3 Å². The number of oxime groups is 1. The van der Waals surface area contributed by atoms with Gasteiger partial charge in [-0.2, -0.15) is 13.5 Å². The third-order valence-electron chi connectivity index (χ3n) is 7.80. The van der Waals surface area contributed by atoms with Crippen LogP contribution in [0.5, 0.6) is 5.75 Å². The zero-order valence-corrected chi connectivity index (χ0v) is 28.2. The van der Waals surface area contributed by atoms with Gasteiger partial charge in [0.05, 0.1) is 11.5 Å². The minimum Gasteiger partial charge on any atom is -0.489 e. The Balaban J connectivity index is 1.44. The normalized spacial score (nSPS) is 17.4.